The Hall–Kier alpha value is -1.00. The van der Waals surface area contributed by atoms with E-state index in [4.69, 9.17) is 0 Å². The molecule has 1 heteroatoms. The zero-order chi connectivity index (χ0) is 15.3. The van der Waals surface area contributed by atoms with Gasteiger partial charge in [0, 0.05) is 5.56 Å². The van der Waals surface area contributed by atoms with Crippen LogP contribution in [-0.4, -0.2) is 8.07 Å². The quantitative estimate of drug-likeness (QED) is 0.483. The fraction of sp³-hybridized carbons (Fsp3) is 0.579. The highest BCUT2D eigenvalue weighted by atomic mass is 28.3. The van der Waals surface area contributed by atoms with Crippen LogP contribution < -0.4 is 0 Å². The fourth-order valence-corrected chi connectivity index (χ4v) is 8.66. The summed E-state index contributed by atoms with van der Waals surface area (Å²) in [6.07, 6.45) is 1.09. The molecule has 1 aromatic rings. The Morgan fingerprint density at radius 2 is 1.30 bits per heavy atom. The van der Waals surface area contributed by atoms with Crippen molar-refractivity contribution < 1.29 is 0 Å². The van der Waals surface area contributed by atoms with Gasteiger partial charge in [-0.15, -0.1) is 5.54 Å². The summed E-state index contributed by atoms with van der Waals surface area (Å²) in [5.41, 5.74) is 8.42. The van der Waals surface area contributed by atoms with Gasteiger partial charge in [-0.1, -0.05) is 66.5 Å². The van der Waals surface area contributed by atoms with Crippen molar-refractivity contribution in [3.63, 3.8) is 0 Å². The van der Waals surface area contributed by atoms with E-state index in [0.29, 0.717) is 16.6 Å². The first-order chi connectivity index (χ1) is 9.34. The van der Waals surface area contributed by atoms with Crippen molar-refractivity contribution in [3.8, 4) is 11.5 Å². The number of aryl methyl sites for hydroxylation is 1. The zero-order valence-electron chi connectivity index (χ0n) is 14.2. The van der Waals surface area contributed by atoms with Gasteiger partial charge in [0.05, 0.1) is 0 Å². The van der Waals surface area contributed by atoms with Crippen LogP contribution in [0.5, 0.6) is 0 Å². The molecule has 0 aliphatic heterocycles. The van der Waals surface area contributed by atoms with Gasteiger partial charge in [0.25, 0.3) is 0 Å². The topological polar surface area (TPSA) is 0 Å². The molecule has 0 unspecified atom stereocenters. The minimum atomic E-state index is -1.59. The highest BCUT2D eigenvalue weighted by Gasteiger charge is 2.41. The predicted molar refractivity (Wildman–Crippen MR) is 93.7 cm³/mol. The SMILES string of the molecule is CCc1ccc(C#C[Si](C(C)C)(C(C)C)C(C)C)cc1. The molecule has 0 spiro atoms. The third-order valence-electron chi connectivity index (χ3n) is 4.65. The Bertz CT molecular complexity index is 447. The van der Waals surface area contributed by atoms with Crippen molar-refractivity contribution in [2.75, 3.05) is 0 Å². The second-order valence-corrected chi connectivity index (χ2v) is 12.3. The Morgan fingerprint density at radius 1 is 0.850 bits per heavy atom. The number of benzene rings is 1. The Morgan fingerprint density at radius 3 is 1.65 bits per heavy atom. The monoisotopic (exact) mass is 286 g/mol. The maximum absolute atomic E-state index is 3.77. The molecule has 0 saturated heterocycles. The normalized spacial score (nSPS) is 11.9. The predicted octanol–water partition coefficient (Wildman–Crippen LogP) is 5.82. The molecule has 0 bridgehead atoms. The van der Waals surface area contributed by atoms with Gasteiger partial charge in [-0.05, 0) is 40.7 Å². The standard InChI is InChI=1S/C19H30Si/c1-8-18-9-11-19(12-10-18)13-14-20(15(2)3,16(4)5)17(6)7/h9-12,15-17H,8H2,1-7H3. The molecule has 0 fully saturated rings. The van der Waals surface area contributed by atoms with Gasteiger partial charge in [-0.2, -0.15) is 0 Å². The van der Waals surface area contributed by atoms with Crippen LogP contribution in [0, 0.1) is 11.5 Å². The van der Waals surface area contributed by atoms with Gasteiger partial charge in [-0.25, -0.2) is 0 Å². The van der Waals surface area contributed by atoms with E-state index in [2.05, 4.69) is 84.2 Å². The molecule has 1 aromatic carbocycles. The van der Waals surface area contributed by atoms with Crippen molar-refractivity contribution >= 4 is 8.07 Å². The van der Waals surface area contributed by atoms with Crippen LogP contribution in [0.2, 0.25) is 16.6 Å². The summed E-state index contributed by atoms with van der Waals surface area (Å²) < 4.78 is 0. The van der Waals surface area contributed by atoms with E-state index in [0.717, 1.165) is 6.42 Å². The Labute approximate surface area is 127 Å². The lowest BCUT2D eigenvalue weighted by molar-refractivity contribution is 0.838. The largest absolute Gasteiger partial charge is 0.146 e. The lowest BCUT2D eigenvalue weighted by Gasteiger charge is -2.38. The zero-order valence-corrected chi connectivity index (χ0v) is 15.2. The summed E-state index contributed by atoms with van der Waals surface area (Å²) in [6.45, 7) is 16.4. The number of rotatable bonds is 4. The van der Waals surface area contributed by atoms with Crippen molar-refractivity contribution in [1.82, 2.24) is 0 Å². The first-order valence-electron chi connectivity index (χ1n) is 7.96. The third kappa shape index (κ3) is 3.55. The van der Waals surface area contributed by atoms with E-state index in [9.17, 15) is 0 Å². The summed E-state index contributed by atoms with van der Waals surface area (Å²) in [5, 5.41) is 0. The van der Waals surface area contributed by atoms with Crippen LogP contribution in [0.15, 0.2) is 24.3 Å². The molecule has 0 aliphatic carbocycles. The summed E-state index contributed by atoms with van der Waals surface area (Å²) in [5.74, 6) is 3.49. The van der Waals surface area contributed by atoms with E-state index in [1.165, 1.54) is 11.1 Å². The first-order valence-corrected chi connectivity index (χ1v) is 10.2. The molecular formula is C19H30Si. The number of hydrogen-bond donors (Lipinski definition) is 0. The summed E-state index contributed by atoms with van der Waals surface area (Å²) >= 11 is 0. The Kier molecular flexibility index (Phi) is 6.08. The fourth-order valence-electron chi connectivity index (χ4n) is 3.44. The molecule has 20 heavy (non-hydrogen) atoms. The van der Waals surface area contributed by atoms with Gasteiger partial charge in [0.2, 0.25) is 0 Å². The van der Waals surface area contributed by atoms with Gasteiger partial charge < -0.3 is 0 Å². The molecular weight excluding hydrogens is 256 g/mol. The molecule has 110 valence electrons. The molecule has 0 amide bonds. The van der Waals surface area contributed by atoms with Gasteiger partial charge in [0.1, 0.15) is 8.07 Å². The minimum Gasteiger partial charge on any atom is -0.125 e. The van der Waals surface area contributed by atoms with E-state index in [-0.39, 0.29) is 0 Å². The highest BCUT2D eigenvalue weighted by molar-refractivity contribution is 6.90. The first kappa shape index (κ1) is 17.0. The molecule has 0 aliphatic rings. The number of hydrogen-bond acceptors (Lipinski definition) is 0. The summed E-state index contributed by atoms with van der Waals surface area (Å²) in [6, 6.07) is 8.75. The maximum Gasteiger partial charge on any atom is 0.146 e. The smallest absolute Gasteiger partial charge is 0.125 e. The average molecular weight is 287 g/mol. The lowest BCUT2D eigenvalue weighted by Crippen LogP contribution is -2.43. The molecule has 0 saturated carbocycles. The molecule has 0 radical (unpaired) electrons. The second-order valence-electron chi connectivity index (χ2n) is 6.70. The van der Waals surface area contributed by atoms with E-state index >= 15 is 0 Å². The summed E-state index contributed by atoms with van der Waals surface area (Å²) in [4.78, 5) is 0. The van der Waals surface area contributed by atoms with E-state index < -0.39 is 8.07 Å². The van der Waals surface area contributed by atoms with Gasteiger partial charge >= 0.3 is 0 Å². The molecule has 0 atom stereocenters. The highest BCUT2D eigenvalue weighted by Crippen LogP contribution is 2.40. The van der Waals surface area contributed by atoms with Crippen LogP contribution in [0.1, 0.15) is 59.6 Å². The maximum atomic E-state index is 3.77. The minimum absolute atomic E-state index is 0.699. The van der Waals surface area contributed by atoms with E-state index in [1.807, 2.05) is 0 Å². The van der Waals surface area contributed by atoms with Crippen LogP contribution in [0.4, 0.5) is 0 Å². The third-order valence-corrected chi connectivity index (χ3v) is 10.9. The van der Waals surface area contributed by atoms with Crippen molar-refractivity contribution in [3.05, 3.63) is 35.4 Å². The second kappa shape index (κ2) is 7.13. The molecule has 0 N–H and O–H groups in total. The van der Waals surface area contributed by atoms with Crippen molar-refractivity contribution in [2.24, 2.45) is 0 Å². The van der Waals surface area contributed by atoms with Gasteiger partial charge in [-0.3, -0.25) is 0 Å². The molecule has 0 heterocycles. The van der Waals surface area contributed by atoms with Crippen LogP contribution in [-0.2, 0) is 6.42 Å². The Balaban J connectivity index is 3.16. The summed E-state index contributed by atoms with van der Waals surface area (Å²) in [7, 11) is -1.59. The lowest BCUT2D eigenvalue weighted by atomic mass is 10.1. The van der Waals surface area contributed by atoms with Crippen molar-refractivity contribution in [2.45, 2.75) is 71.5 Å². The average Bonchev–Trinajstić information content (AvgIpc) is 2.38. The molecule has 0 nitrogen and oxygen atoms in total. The molecule has 0 aromatic heterocycles. The van der Waals surface area contributed by atoms with Crippen molar-refractivity contribution in [1.29, 1.82) is 0 Å². The van der Waals surface area contributed by atoms with Gasteiger partial charge in [0.15, 0.2) is 0 Å². The van der Waals surface area contributed by atoms with Crippen LogP contribution >= 0.6 is 0 Å². The van der Waals surface area contributed by atoms with Crippen LogP contribution in [0.3, 0.4) is 0 Å². The van der Waals surface area contributed by atoms with E-state index in [1.54, 1.807) is 0 Å². The van der Waals surface area contributed by atoms with Crippen LogP contribution in [0.25, 0.3) is 0 Å². The molecule has 1 rings (SSSR count).